The second kappa shape index (κ2) is 9.26. The maximum atomic E-state index is 12.2. The molecule has 0 aromatic carbocycles. The summed E-state index contributed by atoms with van der Waals surface area (Å²) in [6, 6.07) is 0. The highest BCUT2D eigenvalue weighted by atomic mass is 16.7. The van der Waals surface area contributed by atoms with Gasteiger partial charge in [-0.15, -0.1) is 0 Å². The lowest BCUT2D eigenvalue weighted by Gasteiger charge is -2.45. The number of aliphatic hydroxyl groups excluding tert-OH is 5. The molecule has 0 unspecified atom stereocenters. The molecule has 1 heterocycles. The van der Waals surface area contributed by atoms with Crippen molar-refractivity contribution >= 4 is 5.78 Å². The SMILES string of the molecule is C[C@@H]1C[C@@H](O)CC(C)(C)[C@H]1CCC(=O)CO[C@@H]1O[C@H](CO)[C@@H](O)[C@H](O)[C@H]1O. The van der Waals surface area contributed by atoms with Crippen LogP contribution in [0.1, 0.15) is 46.5 Å². The van der Waals surface area contributed by atoms with Crippen LogP contribution in [0.3, 0.4) is 0 Å². The van der Waals surface area contributed by atoms with Gasteiger partial charge in [-0.1, -0.05) is 20.8 Å². The van der Waals surface area contributed by atoms with E-state index in [1.54, 1.807) is 0 Å². The minimum absolute atomic E-state index is 0.0461. The number of carbonyl (C=O) groups excluding carboxylic acids is 1. The van der Waals surface area contributed by atoms with E-state index in [2.05, 4.69) is 20.8 Å². The number of rotatable bonds is 7. The van der Waals surface area contributed by atoms with Crippen LogP contribution in [0.2, 0.25) is 0 Å². The van der Waals surface area contributed by atoms with Crippen LogP contribution in [0.15, 0.2) is 0 Å². The predicted molar refractivity (Wildman–Crippen MR) is 95.6 cm³/mol. The summed E-state index contributed by atoms with van der Waals surface area (Å²) in [5.74, 6) is 0.487. The third kappa shape index (κ3) is 5.47. The Hall–Kier alpha value is -0.610. The lowest BCUT2D eigenvalue weighted by atomic mass is 9.62. The number of hydrogen-bond donors (Lipinski definition) is 5. The Balaban J connectivity index is 1.82. The van der Waals surface area contributed by atoms with Gasteiger partial charge in [-0.2, -0.15) is 0 Å². The van der Waals surface area contributed by atoms with Gasteiger partial charge < -0.3 is 35.0 Å². The van der Waals surface area contributed by atoms with Crippen molar-refractivity contribution in [1.82, 2.24) is 0 Å². The van der Waals surface area contributed by atoms with E-state index in [0.717, 1.165) is 12.8 Å². The second-order valence-electron chi connectivity index (χ2n) is 8.75. The Kier molecular flexibility index (Phi) is 7.78. The van der Waals surface area contributed by atoms with E-state index < -0.39 is 37.3 Å². The molecule has 158 valence electrons. The summed E-state index contributed by atoms with van der Waals surface area (Å²) in [7, 11) is 0. The maximum Gasteiger partial charge on any atom is 0.187 e. The standard InChI is InChI=1S/C19H34O8/c1-10-6-12(22)7-19(2,3)13(10)5-4-11(21)9-26-18-17(25)16(24)15(23)14(8-20)27-18/h10,12-18,20,22-25H,4-9H2,1-3H3/t10-,12-,13+,14-,15-,16+,17-,18-/m1/s1. The Morgan fingerprint density at radius 1 is 1.15 bits per heavy atom. The van der Waals surface area contributed by atoms with E-state index >= 15 is 0 Å². The van der Waals surface area contributed by atoms with Crippen molar-refractivity contribution < 1.29 is 39.8 Å². The molecule has 8 heteroatoms. The smallest absolute Gasteiger partial charge is 0.187 e. The number of hydrogen-bond acceptors (Lipinski definition) is 8. The lowest BCUT2D eigenvalue weighted by Crippen LogP contribution is -2.59. The molecule has 0 amide bonds. The highest BCUT2D eigenvalue weighted by molar-refractivity contribution is 5.79. The predicted octanol–water partition coefficient (Wildman–Crippen LogP) is -0.415. The minimum Gasteiger partial charge on any atom is -0.394 e. The molecule has 0 bridgehead atoms. The van der Waals surface area contributed by atoms with E-state index in [1.807, 2.05) is 0 Å². The molecule has 0 spiro atoms. The quantitative estimate of drug-likeness (QED) is 0.396. The van der Waals surface area contributed by atoms with Gasteiger partial charge in [-0.25, -0.2) is 0 Å². The highest BCUT2D eigenvalue weighted by Crippen LogP contribution is 2.46. The topological polar surface area (TPSA) is 137 Å². The summed E-state index contributed by atoms with van der Waals surface area (Å²) < 4.78 is 10.5. The summed E-state index contributed by atoms with van der Waals surface area (Å²) in [5, 5.41) is 48.5. The Bertz CT molecular complexity index is 494. The summed E-state index contributed by atoms with van der Waals surface area (Å²) in [5.41, 5.74) is -0.0461. The van der Waals surface area contributed by atoms with Crippen molar-refractivity contribution in [3.8, 4) is 0 Å². The van der Waals surface area contributed by atoms with E-state index in [-0.39, 0.29) is 23.9 Å². The zero-order chi connectivity index (χ0) is 20.4. The second-order valence-corrected chi connectivity index (χ2v) is 8.75. The summed E-state index contributed by atoms with van der Waals surface area (Å²) in [6.45, 7) is 5.51. The van der Waals surface area contributed by atoms with Crippen molar-refractivity contribution in [1.29, 1.82) is 0 Å². The molecule has 2 fully saturated rings. The molecule has 8 atom stereocenters. The van der Waals surface area contributed by atoms with Crippen LogP contribution in [0.4, 0.5) is 0 Å². The molecule has 0 aromatic rings. The van der Waals surface area contributed by atoms with E-state index in [4.69, 9.17) is 14.6 Å². The fourth-order valence-corrected chi connectivity index (χ4v) is 4.65. The van der Waals surface area contributed by atoms with Crippen molar-refractivity contribution in [3.63, 3.8) is 0 Å². The maximum absolute atomic E-state index is 12.2. The van der Waals surface area contributed by atoms with Crippen LogP contribution >= 0.6 is 0 Å². The number of carbonyl (C=O) groups is 1. The van der Waals surface area contributed by atoms with E-state index in [9.17, 15) is 25.2 Å². The molecule has 5 N–H and O–H groups in total. The summed E-state index contributed by atoms with van der Waals surface area (Å²) >= 11 is 0. The molecule has 2 rings (SSSR count). The Labute approximate surface area is 160 Å². The molecule has 1 saturated heterocycles. The number of ether oxygens (including phenoxy) is 2. The zero-order valence-electron chi connectivity index (χ0n) is 16.3. The third-order valence-electron chi connectivity index (χ3n) is 6.09. The number of Topliss-reactive ketones (excluding diaryl/α,β-unsaturated/α-hetero) is 1. The first-order chi connectivity index (χ1) is 12.6. The molecule has 8 nitrogen and oxygen atoms in total. The summed E-state index contributed by atoms with van der Waals surface area (Å²) in [4.78, 5) is 12.2. The van der Waals surface area contributed by atoms with Gasteiger partial charge in [0.1, 0.15) is 31.0 Å². The molecule has 2 aliphatic rings. The van der Waals surface area contributed by atoms with Crippen LogP contribution < -0.4 is 0 Å². The monoisotopic (exact) mass is 390 g/mol. The molecule has 1 aliphatic carbocycles. The van der Waals surface area contributed by atoms with Gasteiger partial charge in [0.2, 0.25) is 0 Å². The van der Waals surface area contributed by atoms with Crippen LogP contribution in [0.5, 0.6) is 0 Å². The average molecular weight is 390 g/mol. The number of ketones is 1. The normalized spacial score (nSPS) is 42.1. The minimum atomic E-state index is -1.52. The van der Waals surface area contributed by atoms with Crippen LogP contribution in [-0.4, -0.2) is 81.3 Å². The molecule has 0 radical (unpaired) electrons. The highest BCUT2D eigenvalue weighted by Gasteiger charge is 2.44. The largest absolute Gasteiger partial charge is 0.394 e. The molecule has 1 aliphatic heterocycles. The van der Waals surface area contributed by atoms with Gasteiger partial charge in [0, 0.05) is 6.42 Å². The van der Waals surface area contributed by atoms with Crippen LogP contribution in [-0.2, 0) is 14.3 Å². The van der Waals surface area contributed by atoms with Crippen LogP contribution in [0, 0.1) is 17.3 Å². The summed E-state index contributed by atoms with van der Waals surface area (Å²) in [6.07, 6.45) is -4.66. The fraction of sp³-hybridized carbons (Fsp3) is 0.947. The Morgan fingerprint density at radius 2 is 1.81 bits per heavy atom. The average Bonchev–Trinajstić information content (AvgIpc) is 2.57. The fourth-order valence-electron chi connectivity index (χ4n) is 4.65. The number of aliphatic hydroxyl groups is 5. The van der Waals surface area contributed by atoms with Crippen molar-refractivity contribution in [2.45, 2.75) is 83.3 Å². The first-order valence-electron chi connectivity index (χ1n) is 9.68. The van der Waals surface area contributed by atoms with Gasteiger partial charge in [0.05, 0.1) is 12.7 Å². The third-order valence-corrected chi connectivity index (χ3v) is 6.09. The molecule has 27 heavy (non-hydrogen) atoms. The van der Waals surface area contributed by atoms with Gasteiger partial charge in [-0.3, -0.25) is 4.79 Å². The van der Waals surface area contributed by atoms with Gasteiger partial charge in [0.25, 0.3) is 0 Å². The first kappa shape index (κ1) is 22.7. The molecular weight excluding hydrogens is 356 g/mol. The van der Waals surface area contributed by atoms with Gasteiger partial charge >= 0.3 is 0 Å². The first-order valence-corrected chi connectivity index (χ1v) is 9.68. The van der Waals surface area contributed by atoms with Gasteiger partial charge in [-0.05, 0) is 36.5 Å². The van der Waals surface area contributed by atoms with Crippen molar-refractivity contribution in [2.24, 2.45) is 17.3 Å². The van der Waals surface area contributed by atoms with Crippen molar-refractivity contribution in [3.05, 3.63) is 0 Å². The van der Waals surface area contributed by atoms with E-state index in [0.29, 0.717) is 24.7 Å². The van der Waals surface area contributed by atoms with Crippen LogP contribution in [0.25, 0.3) is 0 Å². The Morgan fingerprint density at radius 3 is 2.41 bits per heavy atom. The van der Waals surface area contributed by atoms with E-state index in [1.165, 1.54) is 0 Å². The molecule has 1 saturated carbocycles. The molecular formula is C19H34O8. The van der Waals surface area contributed by atoms with Crippen molar-refractivity contribution in [2.75, 3.05) is 13.2 Å². The zero-order valence-corrected chi connectivity index (χ0v) is 16.3. The van der Waals surface area contributed by atoms with Gasteiger partial charge in [0.15, 0.2) is 12.1 Å². The molecule has 0 aromatic heterocycles. The lowest BCUT2D eigenvalue weighted by molar-refractivity contribution is -0.299.